The monoisotopic (exact) mass is 251 g/mol. The first-order valence-corrected chi connectivity index (χ1v) is 6.25. The molecule has 0 bridgehead atoms. The van der Waals surface area contributed by atoms with Crippen LogP contribution >= 0.6 is 11.3 Å². The van der Waals surface area contributed by atoms with Crippen molar-refractivity contribution in [1.29, 1.82) is 0 Å². The summed E-state index contributed by atoms with van der Waals surface area (Å²) in [6.45, 7) is 1.37. The number of ether oxygens (including phenoxy) is 1. The smallest absolute Gasteiger partial charge is 0.123 e. The number of halogens is 1. The van der Waals surface area contributed by atoms with Crippen molar-refractivity contribution in [2.45, 2.75) is 19.8 Å². The summed E-state index contributed by atoms with van der Waals surface area (Å²) in [4.78, 5) is 1.18. The molecule has 2 rings (SSSR count). The summed E-state index contributed by atoms with van der Waals surface area (Å²) in [5.74, 6) is -0.257. The first-order valence-electron chi connectivity index (χ1n) is 5.37. The van der Waals surface area contributed by atoms with Gasteiger partial charge in [-0.25, -0.2) is 4.39 Å². The minimum Gasteiger partial charge on any atom is -0.371 e. The molecule has 0 atom stereocenters. The topological polar surface area (TPSA) is 35.2 Å². The summed E-state index contributed by atoms with van der Waals surface area (Å²) in [6, 6.07) is 8.64. The molecule has 0 amide bonds. The molecule has 0 spiro atoms. The van der Waals surface area contributed by atoms with Crippen molar-refractivity contribution >= 4 is 11.3 Å². The van der Waals surface area contributed by atoms with Gasteiger partial charge in [0.15, 0.2) is 0 Å². The van der Waals surface area contributed by atoms with Crippen molar-refractivity contribution in [3.63, 3.8) is 0 Å². The van der Waals surface area contributed by atoms with Crippen LogP contribution in [0, 0.1) is 5.82 Å². The third kappa shape index (κ3) is 3.36. The maximum atomic E-state index is 13.0. The van der Waals surface area contributed by atoms with Crippen molar-refractivity contribution in [3.05, 3.63) is 57.5 Å². The lowest BCUT2D eigenvalue weighted by molar-refractivity contribution is 0.108. The fraction of sp³-hybridized carbons (Fsp3) is 0.231. The lowest BCUT2D eigenvalue weighted by atomic mass is 10.1. The van der Waals surface area contributed by atoms with E-state index in [2.05, 4.69) is 0 Å². The van der Waals surface area contributed by atoms with Crippen LogP contribution in [0.25, 0.3) is 0 Å². The fourth-order valence-electron chi connectivity index (χ4n) is 1.58. The van der Waals surface area contributed by atoms with Crippen LogP contribution < -0.4 is 5.73 Å². The second kappa shape index (κ2) is 5.91. The van der Waals surface area contributed by atoms with E-state index in [-0.39, 0.29) is 5.82 Å². The number of rotatable bonds is 5. The van der Waals surface area contributed by atoms with Gasteiger partial charge in [0.1, 0.15) is 5.82 Å². The van der Waals surface area contributed by atoms with Gasteiger partial charge in [-0.05, 0) is 34.7 Å². The predicted molar refractivity (Wildman–Crippen MR) is 67.1 cm³/mol. The Morgan fingerprint density at radius 2 is 2.06 bits per heavy atom. The van der Waals surface area contributed by atoms with E-state index in [0.29, 0.717) is 19.8 Å². The van der Waals surface area contributed by atoms with E-state index in [1.54, 1.807) is 17.4 Å². The predicted octanol–water partition coefficient (Wildman–Crippen LogP) is 3.06. The third-order valence-electron chi connectivity index (χ3n) is 2.47. The molecule has 0 aliphatic carbocycles. The molecular weight excluding hydrogens is 237 g/mol. The average molecular weight is 251 g/mol. The van der Waals surface area contributed by atoms with E-state index < -0.39 is 0 Å². The molecule has 4 heteroatoms. The lowest BCUT2D eigenvalue weighted by Gasteiger charge is -2.08. The Morgan fingerprint density at radius 1 is 1.18 bits per heavy atom. The third-order valence-corrected chi connectivity index (χ3v) is 3.32. The molecular formula is C13H14FNOS. The largest absolute Gasteiger partial charge is 0.371 e. The first kappa shape index (κ1) is 12.2. The number of thiophene rings is 1. The van der Waals surface area contributed by atoms with Crippen LogP contribution in [0.3, 0.4) is 0 Å². The molecule has 0 fully saturated rings. The van der Waals surface area contributed by atoms with Crippen LogP contribution in [0.4, 0.5) is 4.39 Å². The summed E-state index contributed by atoms with van der Waals surface area (Å²) >= 11 is 1.66. The van der Waals surface area contributed by atoms with Crippen molar-refractivity contribution in [2.75, 3.05) is 0 Å². The van der Waals surface area contributed by atoms with Gasteiger partial charge in [0, 0.05) is 11.4 Å². The molecule has 0 unspecified atom stereocenters. The zero-order valence-electron chi connectivity index (χ0n) is 9.36. The molecule has 17 heavy (non-hydrogen) atoms. The van der Waals surface area contributed by atoms with Crippen LogP contribution in [-0.4, -0.2) is 0 Å². The van der Waals surface area contributed by atoms with Gasteiger partial charge >= 0.3 is 0 Å². The van der Waals surface area contributed by atoms with Gasteiger partial charge in [0.2, 0.25) is 0 Å². The summed E-state index contributed by atoms with van der Waals surface area (Å²) in [7, 11) is 0. The van der Waals surface area contributed by atoms with Gasteiger partial charge in [-0.1, -0.05) is 12.1 Å². The minimum atomic E-state index is -0.257. The normalized spacial score (nSPS) is 10.7. The highest BCUT2D eigenvalue weighted by atomic mass is 32.1. The Hall–Kier alpha value is -1.23. The molecule has 0 aliphatic heterocycles. The van der Waals surface area contributed by atoms with Crippen molar-refractivity contribution in [1.82, 2.24) is 0 Å². The van der Waals surface area contributed by atoms with Crippen LogP contribution in [0.2, 0.25) is 0 Å². The van der Waals surface area contributed by atoms with Gasteiger partial charge in [-0.2, -0.15) is 0 Å². The average Bonchev–Trinajstić information content (AvgIpc) is 2.84. The van der Waals surface area contributed by atoms with Gasteiger partial charge in [0.05, 0.1) is 13.2 Å². The van der Waals surface area contributed by atoms with Crippen molar-refractivity contribution in [3.8, 4) is 0 Å². The molecule has 0 saturated heterocycles. The number of benzene rings is 1. The van der Waals surface area contributed by atoms with E-state index >= 15 is 0 Å². The van der Waals surface area contributed by atoms with Gasteiger partial charge in [-0.15, -0.1) is 11.3 Å². The number of hydrogen-bond donors (Lipinski definition) is 1. The van der Waals surface area contributed by atoms with Crippen LogP contribution in [0.15, 0.2) is 35.7 Å². The molecule has 0 saturated carbocycles. The van der Waals surface area contributed by atoms with E-state index in [4.69, 9.17) is 10.5 Å². The summed E-state index contributed by atoms with van der Waals surface area (Å²) < 4.78 is 18.6. The quantitative estimate of drug-likeness (QED) is 0.886. The molecule has 2 nitrogen and oxygen atoms in total. The second-order valence-corrected chi connectivity index (χ2v) is 4.72. The molecule has 0 aliphatic rings. The van der Waals surface area contributed by atoms with Crippen LogP contribution in [0.1, 0.15) is 16.0 Å². The molecule has 2 N–H and O–H groups in total. The molecule has 90 valence electrons. The van der Waals surface area contributed by atoms with Crippen molar-refractivity contribution < 1.29 is 9.13 Å². The van der Waals surface area contributed by atoms with E-state index in [0.717, 1.165) is 11.1 Å². The fourth-order valence-corrected chi connectivity index (χ4v) is 2.22. The zero-order valence-corrected chi connectivity index (χ0v) is 10.2. The molecule has 1 aromatic heterocycles. The molecule has 1 heterocycles. The van der Waals surface area contributed by atoms with Gasteiger partial charge < -0.3 is 10.5 Å². The Kier molecular flexibility index (Phi) is 4.25. The first-order chi connectivity index (χ1) is 8.29. The number of nitrogens with two attached hydrogens (primary N) is 1. The summed E-state index contributed by atoms with van der Waals surface area (Å²) in [5.41, 5.74) is 7.32. The highest BCUT2D eigenvalue weighted by Gasteiger charge is 2.03. The molecule has 1 aromatic carbocycles. The highest BCUT2D eigenvalue weighted by molar-refractivity contribution is 7.09. The van der Waals surface area contributed by atoms with E-state index in [9.17, 15) is 4.39 Å². The van der Waals surface area contributed by atoms with E-state index in [1.807, 2.05) is 17.5 Å². The standard InChI is InChI=1S/C13H14FNOS/c14-12-4-3-10(11(6-12)7-15)8-16-9-13-2-1-5-17-13/h1-6H,7-9,15H2. The lowest BCUT2D eigenvalue weighted by Crippen LogP contribution is -2.04. The van der Waals surface area contributed by atoms with Gasteiger partial charge in [-0.3, -0.25) is 0 Å². The van der Waals surface area contributed by atoms with E-state index in [1.165, 1.54) is 17.0 Å². The second-order valence-electron chi connectivity index (χ2n) is 3.69. The Labute approximate surface area is 104 Å². The zero-order chi connectivity index (χ0) is 12.1. The Balaban J connectivity index is 1.94. The van der Waals surface area contributed by atoms with Crippen LogP contribution in [-0.2, 0) is 24.5 Å². The maximum Gasteiger partial charge on any atom is 0.123 e. The van der Waals surface area contributed by atoms with Crippen molar-refractivity contribution in [2.24, 2.45) is 5.73 Å². The van der Waals surface area contributed by atoms with Gasteiger partial charge in [0.25, 0.3) is 0 Å². The molecule has 2 aromatic rings. The SMILES string of the molecule is NCc1cc(F)ccc1COCc1cccs1. The Bertz CT molecular complexity index is 470. The van der Waals surface area contributed by atoms with Crippen LogP contribution in [0.5, 0.6) is 0 Å². The summed E-state index contributed by atoms with van der Waals surface area (Å²) in [5, 5.41) is 2.02. The minimum absolute atomic E-state index is 0.257. The highest BCUT2D eigenvalue weighted by Crippen LogP contribution is 2.15. The Morgan fingerprint density at radius 3 is 2.76 bits per heavy atom. The number of hydrogen-bond acceptors (Lipinski definition) is 3. The molecule has 0 radical (unpaired) electrons. The maximum absolute atomic E-state index is 13.0. The summed E-state index contributed by atoms with van der Waals surface area (Å²) in [6.07, 6.45) is 0.